The van der Waals surface area contributed by atoms with E-state index in [-0.39, 0.29) is 11.8 Å². The minimum atomic E-state index is -1.71. The van der Waals surface area contributed by atoms with E-state index in [1.807, 2.05) is 37.3 Å². The molecule has 0 aliphatic carbocycles. The first-order chi connectivity index (χ1) is 7.94. The maximum atomic E-state index is 11.4. The van der Waals surface area contributed by atoms with Crippen molar-refractivity contribution < 1.29 is 15.0 Å². The summed E-state index contributed by atoms with van der Waals surface area (Å²) in [6.45, 7) is 5.37. The van der Waals surface area contributed by atoms with Crippen LogP contribution in [0, 0.1) is 5.92 Å². The summed E-state index contributed by atoms with van der Waals surface area (Å²) in [5, 5.41) is 19.8. The van der Waals surface area contributed by atoms with E-state index in [1.165, 1.54) is 0 Å². The number of benzene rings is 1. The highest BCUT2D eigenvalue weighted by molar-refractivity contribution is 5.79. The third kappa shape index (κ3) is 2.50. The number of aliphatic hydroxyl groups is 1. The SMILES string of the molecule is CCC(c1ccccc1)C(O)(C(=O)O)C(C)C. The Labute approximate surface area is 102 Å². The van der Waals surface area contributed by atoms with Crippen molar-refractivity contribution in [1.29, 1.82) is 0 Å². The Morgan fingerprint density at radius 1 is 1.29 bits per heavy atom. The second kappa shape index (κ2) is 5.32. The van der Waals surface area contributed by atoms with Crippen LogP contribution in [0.25, 0.3) is 0 Å². The zero-order chi connectivity index (χ0) is 13.1. The van der Waals surface area contributed by atoms with Gasteiger partial charge in [0.25, 0.3) is 0 Å². The molecular formula is C14H20O3. The number of carboxylic acid groups (broad SMARTS) is 1. The third-order valence-electron chi connectivity index (χ3n) is 3.36. The van der Waals surface area contributed by atoms with Gasteiger partial charge in [-0.25, -0.2) is 4.79 Å². The molecule has 0 amide bonds. The van der Waals surface area contributed by atoms with Gasteiger partial charge in [-0.1, -0.05) is 51.1 Å². The molecule has 1 aromatic rings. The quantitative estimate of drug-likeness (QED) is 0.826. The second-order valence-corrected chi connectivity index (χ2v) is 4.66. The zero-order valence-electron chi connectivity index (χ0n) is 10.6. The molecule has 0 bridgehead atoms. The van der Waals surface area contributed by atoms with Gasteiger partial charge < -0.3 is 10.2 Å². The average Bonchev–Trinajstić information content (AvgIpc) is 2.30. The molecule has 94 valence electrons. The van der Waals surface area contributed by atoms with Crippen LogP contribution in [0.3, 0.4) is 0 Å². The standard InChI is InChI=1S/C14H20O3/c1-4-12(11-8-6-5-7-9-11)14(17,10(2)3)13(15)16/h5-10,12,17H,4H2,1-3H3,(H,15,16). The van der Waals surface area contributed by atoms with Crippen LogP contribution in [-0.2, 0) is 4.79 Å². The van der Waals surface area contributed by atoms with Crippen LogP contribution in [0.5, 0.6) is 0 Å². The molecule has 0 fully saturated rings. The van der Waals surface area contributed by atoms with E-state index in [4.69, 9.17) is 0 Å². The van der Waals surface area contributed by atoms with E-state index in [2.05, 4.69) is 0 Å². The van der Waals surface area contributed by atoms with Crippen molar-refractivity contribution in [2.24, 2.45) is 5.92 Å². The first kappa shape index (κ1) is 13.7. The van der Waals surface area contributed by atoms with Gasteiger partial charge >= 0.3 is 5.97 Å². The lowest BCUT2D eigenvalue weighted by atomic mass is 9.74. The van der Waals surface area contributed by atoms with E-state index in [9.17, 15) is 15.0 Å². The molecule has 0 aromatic heterocycles. The maximum Gasteiger partial charge on any atom is 0.336 e. The van der Waals surface area contributed by atoms with Crippen molar-refractivity contribution >= 4 is 5.97 Å². The summed E-state index contributed by atoms with van der Waals surface area (Å²) in [7, 11) is 0. The van der Waals surface area contributed by atoms with Crippen LogP contribution >= 0.6 is 0 Å². The molecule has 0 aliphatic heterocycles. The van der Waals surface area contributed by atoms with E-state index in [0.29, 0.717) is 6.42 Å². The highest BCUT2D eigenvalue weighted by Crippen LogP contribution is 2.37. The van der Waals surface area contributed by atoms with Gasteiger partial charge in [-0.05, 0) is 17.9 Å². The van der Waals surface area contributed by atoms with E-state index in [1.54, 1.807) is 13.8 Å². The Hall–Kier alpha value is -1.35. The molecule has 3 nitrogen and oxygen atoms in total. The Kier molecular flexibility index (Phi) is 4.29. The van der Waals surface area contributed by atoms with Crippen molar-refractivity contribution in [1.82, 2.24) is 0 Å². The van der Waals surface area contributed by atoms with Crippen molar-refractivity contribution in [2.75, 3.05) is 0 Å². The lowest BCUT2D eigenvalue weighted by Crippen LogP contribution is -2.49. The molecule has 2 atom stereocenters. The van der Waals surface area contributed by atoms with Gasteiger partial charge in [-0.15, -0.1) is 0 Å². The fraction of sp³-hybridized carbons (Fsp3) is 0.500. The Balaban J connectivity index is 3.20. The minimum absolute atomic E-state index is 0.342. The van der Waals surface area contributed by atoms with Gasteiger partial charge in [-0.3, -0.25) is 0 Å². The molecule has 2 unspecified atom stereocenters. The lowest BCUT2D eigenvalue weighted by molar-refractivity contribution is -0.167. The second-order valence-electron chi connectivity index (χ2n) is 4.66. The van der Waals surface area contributed by atoms with Crippen LogP contribution in [0.1, 0.15) is 38.7 Å². The fourth-order valence-electron chi connectivity index (χ4n) is 2.28. The van der Waals surface area contributed by atoms with Gasteiger partial charge in [-0.2, -0.15) is 0 Å². The number of hydrogen-bond donors (Lipinski definition) is 2. The van der Waals surface area contributed by atoms with E-state index in [0.717, 1.165) is 5.56 Å². The maximum absolute atomic E-state index is 11.4. The highest BCUT2D eigenvalue weighted by atomic mass is 16.4. The topological polar surface area (TPSA) is 57.5 Å². The summed E-state index contributed by atoms with van der Waals surface area (Å²) in [6.07, 6.45) is 0.588. The van der Waals surface area contributed by atoms with Gasteiger partial charge in [0, 0.05) is 5.92 Å². The third-order valence-corrected chi connectivity index (χ3v) is 3.36. The van der Waals surface area contributed by atoms with Gasteiger partial charge in [0.1, 0.15) is 0 Å². The van der Waals surface area contributed by atoms with Crippen molar-refractivity contribution in [3.8, 4) is 0 Å². The normalized spacial score (nSPS) is 16.5. The van der Waals surface area contributed by atoms with E-state index >= 15 is 0 Å². The summed E-state index contributed by atoms with van der Waals surface area (Å²) in [6, 6.07) is 9.33. The molecule has 17 heavy (non-hydrogen) atoms. The Bertz CT molecular complexity index is 372. The molecule has 0 heterocycles. The first-order valence-electron chi connectivity index (χ1n) is 5.95. The van der Waals surface area contributed by atoms with E-state index < -0.39 is 11.6 Å². The molecule has 1 rings (SSSR count). The van der Waals surface area contributed by atoms with Gasteiger partial charge in [0.05, 0.1) is 0 Å². The van der Waals surface area contributed by atoms with Crippen LogP contribution in [0.2, 0.25) is 0 Å². The lowest BCUT2D eigenvalue weighted by Gasteiger charge is -2.35. The zero-order valence-corrected chi connectivity index (χ0v) is 10.6. The summed E-state index contributed by atoms with van der Waals surface area (Å²) < 4.78 is 0. The van der Waals surface area contributed by atoms with Crippen LogP contribution in [-0.4, -0.2) is 21.8 Å². The van der Waals surface area contributed by atoms with Crippen LogP contribution in [0.15, 0.2) is 30.3 Å². The minimum Gasteiger partial charge on any atom is -0.479 e. The summed E-state index contributed by atoms with van der Waals surface area (Å²) >= 11 is 0. The Morgan fingerprint density at radius 2 is 1.82 bits per heavy atom. The van der Waals surface area contributed by atoms with Crippen LogP contribution in [0.4, 0.5) is 0 Å². The number of rotatable bonds is 5. The molecule has 2 N–H and O–H groups in total. The molecule has 1 aromatic carbocycles. The fourth-order valence-corrected chi connectivity index (χ4v) is 2.28. The predicted octanol–water partition coefficient (Wildman–Crippen LogP) is 2.65. The van der Waals surface area contributed by atoms with Crippen molar-refractivity contribution in [3.63, 3.8) is 0 Å². The average molecular weight is 236 g/mol. The molecule has 3 heteroatoms. The van der Waals surface area contributed by atoms with Crippen molar-refractivity contribution in [2.45, 2.75) is 38.7 Å². The summed E-state index contributed by atoms with van der Waals surface area (Å²) in [5.41, 5.74) is -0.843. The molecule has 0 radical (unpaired) electrons. The largest absolute Gasteiger partial charge is 0.479 e. The summed E-state index contributed by atoms with van der Waals surface area (Å²) in [5.74, 6) is -1.88. The Morgan fingerprint density at radius 3 is 2.18 bits per heavy atom. The first-order valence-corrected chi connectivity index (χ1v) is 5.95. The predicted molar refractivity (Wildman–Crippen MR) is 66.9 cm³/mol. The molecule has 0 spiro atoms. The highest BCUT2D eigenvalue weighted by Gasteiger charge is 2.46. The molecular weight excluding hydrogens is 216 g/mol. The van der Waals surface area contributed by atoms with Crippen LogP contribution < -0.4 is 0 Å². The van der Waals surface area contributed by atoms with Gasteiger partial charge in [0.15, 0.2) is 5.60 Å². The molecule has 0 saturated heterocycles. The van der Waals surface area contributed by atoms with Crippen molar-refractivity contribution in [3.05, 3.63) is 35.9 Å². The smallest absolute Gasteiger partial charge is 0.336 e. The number of carboxylic acids is 1. The number of carbonyl (C=O) groups is 1. The number of aliphatic carboxylic acids is 1. The monoisotopic (exact) mass is 236 g/mol. The number of hydrogen-bond acceptors (Lipinski definition) is 2. The molecule has 0 aliphatic rings. The van der Waals surface area contributed by atoms with Gasteiger partial charge in [0.2, 0.25) is 0 Å². The summed E-state index contributed by atoms with van der Waals surface area (Å²) in [4.78, 5) is 11.4. The molecule has 0 saturated carbocycles.